The van der Waals surface area contributed by atoms with Gasteiger partial charge in [0, 0.05) is 30.6 Å². The molecule has 2 aromatic carbocycles. The van der Waals surface area contributed by atoms with Crippen LogP contribution in [0, 0.1) is 0 Å². The number of nitrogens with zero attached hydrogens (tertiary/aromatic N) is 1. The van der Waals surface area contributed by atoms with Crippen molar-refractivity contribution in [2.24, 2.45) is 0 Å². The summed E-state index contributed by atoms with van der Waals surface area (Å²) in [6, 6.07) is 7.32. The highest BCUT2D eigenvalue weighted by atomic mass is 16.3. The molecular weight excluding hydrogens is 276 g/mol. The summed E-state index contributed by atoms with van der Waals surface area (Å²) < 4.78 is 0. The molecule has 7 heteroatoms. The van der Waals surface area contributed by atoms with Crippen LogP contribution in [0.5, 0.6) is 23.0 Å². The van der Waals surface area contributed by atoms with E-state index in [4.69, 9.17) is 0 Å². The fraction of sp³-hybridized carbons (Fsp3) is 0.0714. The highest BCUT2D eigenvalue weighted by molar-refractivity contribution is 6.01. The SMILES string of the molecule is CN(C(=O)Nc1ccc(O)c(O)c1)c1ccc(O)c(O)c1. The minimum Gasteiger partial charge on any atom is -0.504 e. The molecule has 0 unspecified atom stereocenters. The second-order valence-corrected chi connectivity index (χ2v) is 4.37. The first-order chi connectivity index (χ1) is 9.88. The molecule has 0 saturated heterocycles. The Kier molecular flexibility index (Phi) is 3.75. The van der Waals surface area contributed by atoms with Crippen molar-refractivity contribution in [1.82, 2.24) is 0 Å². The van der Waals surface area contributed by atoms with Gasteiger partial charge in [0.25, 0.3) is 0 Å². The number of carbonyl (C=O) groups is 1. The largest absolute Gasteiger partial charge is 0.504 e. The smallest absolute Gasteiger partial charge is 0.326 e. The van der Waals surface area contributed by atoms with Crippen LogP contribution < -0.4 is 10.2 Å². The molecule has 110 valence electrons. The Hall–Kier alpha value is -3.09. The lowest BCUT2D eigenvalue weighted by atomic mass is 10.2. The molecule has 0 aliphatic carbocycles. The van der Waals surface area contributed by atoms with E-state index < -0.39 is 6.03 Å². The Bertz CT molecular complexity index is 687. The van der Waals surface area contributed by atoms with Crippen LogP contribution in [-0.4, -0.2) is 33.5 Å². The summed E-state index contributed by atoms with van der Waals surface area (Å²) in [6.07, 6.45) is 0. The van der Waals surface area contributed by atoms with E-state index >= 15 is 0 Å². The maximum Gasteiger partial charge on any atom is 0.326 e. The first-order valence-electron chi connectivity index (χ1n) is 5.97. The molecule has 0 heterocycles. The summed E-state index contributed by atoms with van der Waals surface area (Å²) in [5.74, 6) is -1.26. The average molecular weight is 290 g/mol. The molecule has 2 aromatic rings. The quantitative estimate of drug-likeness (QED) is 0.430. The van der Waals surface area contributed by atoms with Crippen molar-refractivity contribution < 1.29 is 25.2 Å². The number of nitrogens with one attached hydrogen (secondary N) is 1. The molecule has 0 fully saturated rings. The fourth-order valence-corrected chi connectivity index (χ4v) is 1.65. The van der Waals surface area contributed by atoms with Crippen molar-refractivity contribution in [2.45, 2.75) is 0 Å². The van der Waals surface area contributed by atoms with E-state index in [1.165, 1.54) is 48.3 Å². The van der Waals surface area contributed by atoms with E-state index in [2.05, 4.69) is 5.32 Å². The van der Waals surface area contributed by atoms with Crippen LogP contribution in [-0.2, 0) is 0 Å². The number of rotatable bonds is 2. The van der Waals surface area contributed by atoms with E-state index in [1.54, 1.807) is 0 Å². The number of phenolic OH excluding ortho intramolecular Hbond substituents is 4. The van der Waals surface area contributed by atoms with Gasteiger partial charge in [0.15, 0.2) is 23.0 Å². The number of hydrogen-bond donors (Lipinski definition) is 5. The van der Waals surface area contributed by atoms with Gasteiger partial charge >= 0.3 is 6.03 Å². The molecule has 7 nitrogen and oxygen atoms in total. The van der Waals surface area contributed by atoms with E-state index in [9.17, 15) is 25.2 Å². The lowest BCUT2D eigenvalue weighted by Crippen LogP contribution is -2.31. The molecule has 0 saturated carbocycles. The summed E-state index contributed by atoms with van der Waals surface area (Å²) >= 11 is 0. The van der Waals surface area contributed by atoms with E-state index in [0.717, 1.165) is 0 Å². The Morgan fingerprint density at radius 3 is 2.05 bits per heavy atom. The van der Waals surface area contributed by atoms with E-state index in [1.807, 2.05) is 0 Å². The van der Waals surface area contributed by atoms with Gasteiger partial charge in [-0.2, -0.15) is 0 Å². The lowest BCUT2D eigenvalue weighted by Gasteiger charge is -2.18. The number of anilines is 2. The number of urea groups is 1. The van der Waals surface area contributed by atoms with Crippen molar-refractivity contribution in [1.29, 1.82) is 0 Å². The Morgan fingerprint density at radius 2 is 1.48 bits per heavy atom. The molecule has 2 amide bonds. The van der Waals surface area contributed by atoms with Crippen LogP contribution in [0.3, 0.4) is 0 Å². The van der Waals surface area contributed by atoms with Crippen molar-refractivity contribution in [3.63, 3.8) is 0 Å². The zero-order valence-electron chi connectivity index (χ0n) is 11.1. The first kappa shape index (κ1) is 14.3. The van der Waals surface area contributed by atoms with Crippen molar-refractivity contribution in [2.75, 3.05) is 17.3 Å². The summed E-state index contributed by atoms with van der Waals surface area (Å²) in [4.78, 5) is 13.2. The minimum atomic E-state index is -0.523. The third kappa shape index (κ3) is 3.08. The van der Waals surface area contributed by atoms with Crippen LogP contribution in [0.15, 0.2) is 36.4 Å². The van der Waals surface area contributed by atoms with Crippen molar-refractivity contribution in [3.8, 4) is 23.0 Å². The van der Waals surface area contributed by atoms with Gasteiger partial charge in [-0.05, 0) is 24.3 Å². The van der Waals surface area contributed by atoms with Gasteiger partial charge in [-0.25, -0.2) is 4.79 Å². The normalized spacial score (nSPS) is 10.1. The molecule has 0 aromatic heterocycles. The monoisotopic (exact) mass is 290 g/mol. The van der Waals surface area contributed by atoms with Crippen LogP contribution in [0.1, 0.15) is 0 Å². The first-order valence-corrected chi connectivity index (χ1v) is 5.97. The third-order valence-corrected chi connectivity index (χ3v) is 2.88. The summed E-state index contributed by atoms with van der Waals surface area (Å²) in [7, 11) is 1.47. The molecule has 0 aliphatic rings. The van der Waals surface area contributed by atoms with Crippen molar-refractivity contribution >= 4 is 17.4 Å². The third-order valence-electron chi connectivity index (χ3n) is 2.88. The summed E-state index contributed by atoms with van der Waals surface area (Å²) in [6.45, 7) is 0. The maximum absolute atomic E-state index is 12.0. The number of carbonyl (C=O) groups excluding carboxylic acids is 1. The van der Waals surface area contributed by atoms with Gasteiger partial charge < -0.3 is 25.7 Å². The number of aromatic hydroxyl groups is 4. The second-order valence-electron chi connectivity index (χ2n) is 4.37. The Morgan fingerprint density at radius 1 is 0.905 bits per heavy atom. The van der Waals surface area contributed by atoms with E-state index in [-0.39, 0.29) is 23.0 Å². The molecule has 21 heavy (non-hydrogen) atoms. The Balaban J connectivity index is 2.15. The van der Waals surface area contributed by atoms with Crippen LogP contribution in [0.4, 0.5) is 16.2 Å². The summed E-state index contributed by atoms with van der Waals surface area (Å²) in [5, 5.41) is 39.7. The maximum atomic E-state index is 12.0. The Labute approximate surface area is 120 Å². The summed E-state index contributed by atoms with van der Waals surface area (Å²) in [5.41, 5.74) is 0.663. The number of hydrogen-bond acceptors (Lipinski definition) is 5. The molecule has 5 N–H and O–H groups in total. The number of amides is 2. The van der Waals surface area contributed by atoms with Crippen LogP contribution >= 0.6 is 0 Å². The van der Waals surface area contributed by atoms with Gasteiger partial charge in [-0.3, -0.25) is 4.90 Å². The van der Waals surface area contributed by atoms with Crippen LogP contribution in [0.25, 0.3) is 0 Å². The molecule has 0 radical (unpaired) electrons. The zero-order chi connectivity index (χ0) is 15.6. The van der Waals surface area contributed by atoms with Gasteiger partial charge in [-0.1, -0.05) is 0 Å². The lowest BCUT2D eigenvalue weighted by molar-refractivity contribution is 0.258. The molecular formula is C14H14N2O5. The van der Waals surface area contributed by atoms with Gasteiger partial charge in [0.1, 0.15) is 0 Å². The van der Waals surface area contributed by atoms with Gasteiger partial charge in [0.05, 0.1) is 0 Å². The predicted molar refractivity (Wildman–Crippen MR) is 77.0 cm³/mol. The molecule has 2 rings (SSSR count). The highest BCUT2D eigenvalue weighted by Crippen LogP contribution is 2.30. The van der Waals surface area contributed by atoms with Gasteiger partial charge in [-0.15, -0.1) is 0 Å². The standard InChI is InChI=1S/C14H14N2O5/c1-16(9-3-5-11(18)13(20)7-9)14(21)15-8-2-4-10(17)12(19)6-8/h2-7,17-20H,1H3,(H,15,21). The minimum absolute atomic E-state index is 0.281. The molecule has 0 spiro atoms. The van der Waals surface area contributed by atoms with Crippen LogP contribution in [0.2, 0.25) is 0 Å². The molecule has 0 aliphatic heterocycles. The second kappa shape index (κ2) is 5.49. The average Bonchev–Trinajstić information content (AvgIpc) is 2.45. The zero-order valence-corrected chi connectivity index (χ0v) is 11.1. The fourth-order valence-electron chi connectivity index (χ4n) is 1.65. The molecule has 0 bridgehead atoms. The predicted octanol–water partition coefficient (Wildman–Crippen LogP) is 2.18. The van der Waals surface area contributed by atoms with E-state index in [0.29, 0.717) is 11.4 Å². The number of phenols is 4. The molecule has 0 atom stereocenters. The number of benzene rings is 2. The van der Waals surface area contributed by atoms with Crippen molar-refractivity contribution in [3.05, 3.63) is 36.4 Å². The topological polar surface area (TPSA) is 113 Å². The highest BCUT2D eigenvalue weighted by Gasteiger charge is 2.13. The van der Waals surface area contributed by atoms with Gasteiger partial charge in [0.2, 0.25) is 0 Å².